The number of methoxy groups -OCH3 is 1. The van der Waals surface area contributed by atoms with Gasteiger partial charge in [0.25, 0.3) is 0 Å². The zero-order valence-corrected chi connectivity index (χ0v) is 14.9. The molecule has 7 heteroatoms. The highest BCUT2D eigenvalue weighted by molar-refractivity contribution is 5.41. The summed E-state index contributed by atoms with van der Waals surface area (Å²) in [5, 5.41) is 3.92. The second-order valence-corrected chi connectivity index (χ2v) is 6.22. The Morgan fingerprint density at radius 3 is 2.79 bits per heavy atom. The summed E-state index contributed by atoms with van der Waals surface area (Å²) in [5.41, 5.74) is 3.10. The third-order valence-corrected chi connectivity index (χ3v) is 4.50. The van der Waals surface area contributed by atoms with Gasteiger partial charge in [-0.3, -0.25) is 9.88 Å². The molecule has 130 valence electrons. The van der Waals surface area contributed by atoms with E-state index in [1.165, 1.54) is 0 Å². The van der Waals surface area contributed by atoms with E-state index >= 15 is 0 Å². The van der Waals surface area contributed by atoms with Crippen LogP contribution in [0.4, 0.5) is 0 Å². The third-order valence-electron chi connectivity index (χ3n) is 4.50. The fourth-order valence-electron chi connectivity index (χ4n) is 3.27. The van der Waals surface area contributed by atoms with Crippen molar-refractivity contribution in [3.63, 3.8) is 0 Å². The Hall–Kier alpha value is -1.99. The summed E-state index contributed by atoms with van der Waals surface area (Å²) < 4.78 is 16.7. The van der Waals surface area contributed by atoms with E-state index < -0.39 is 0 Å². The van der Waals surface area contributed by atoms with Crippen LogP contribution in [-0.2, 0) is 11.3 Å². The number of rotatable bonds is 4. The molecular weight excluding hydrogens is 308 g/mol. The van der Waals surface area contributed by atoms with E-state index in [4.69, 9.17) is 14.0 Å². The lowest BCUT2D eigenvalue weighted by Crippen LogP contribution is -2.44. The van der Waals surface area contributed by atoms with E-state index in [2.05, 4.69) is 20.0 Å². The molecule has 24 heavy (non-hydrogen) atoms. The second kappa shape index (κ2) is 6.86. The number of aryl methyl sites for hydroxylation is 2. The molecule has 2 atom stereocenters. The first-order valence-electron chi connectivity index (χ1n) is 8.16. The molecule has 3 heterocycles. The molecule has 2 aromatic heterocycles. The largest absolute Gasteiger partial charge is 0.496 e. The molecule has 0 amide bonds. The molecule has 0 radical (unpaired) electrons. The maximum atomic E-state index is 5.80. The predicted molar refractivity (Wildman–Crippen MR) is 87.9 cm³/mol. The van der Waals surface area contributed by atoms with E-state index in [9.17, 15) is 0 Å². The van der Waals surface area contributed by atoms with Crippen molar-refractivity contribution >= 4 is 0 Å². The SMILES string of the molecule is COc1c(C)cnc(CN2CCO[C@H](C)[C@H]2c2nc(C)no2)c1C. The van der Waals surface area contributed by atoms with Gasteiger partial charge in [0.1, 0.15) is 11.8 Å². The molecule has 0 aliphatic carbocycles. The third kappa shape index (κ3) is 3.14. The van der Waals surface area contributed by atoms with Gasteiger partial charge >= 0.3 is 0 Å². The molecule has 0 saturated carbocycles. The van der Waals surface area contributed by atoms with Gasteiger partial charge in [-0.2, -0.15) is 4.98 Å². The second-order valence-electron chi connectivity index (χ2n) is 6.22. The van der Waals surface area contributed by atoms with Crippen LogP contribution in [0, 0.1) is 20.8 Å². The summed E-state index contributed by atoms with van der Waals surface area (Å²) in [6, 6.07) is -0.0755. The van der Waals surface area contributed by atoms with Gasteiger partial charge in [-0.05, 0) is 27.7 Å². The van der Waals surface area contributed by atoms with Crippen molar-refractivity contribution in [2.75, 3.05) is 20.3 Å². The maximum Gasteiger partial charge on any atom is 0.246 e. The van der Waals surface area contributed by atoms with E-state index in [0.717, 1.165) is 29.1 Å². The summed E-state index contributed by atoms with van der Waals surface area (Å²) in [7, 11) is 1.69. The molecular formula is C17H24N4O3. The average Bonchev–Trinajstić information content (AvgIpc) is 2.97. The standard InChI is InChI=1S/C17H24N4O3/c1-10-8-18-14(11(2)16(10)22-5)9-21-6-7-23-12(3)15(21)17-19-13(4)20-24-17/h8,12,15H,6-7,9H2,1-5H3/t12-,15+/m1/s1. The van der Waals surface area contributed by atoms with Crippen LogP contribution in [0.15, 0.2) is 10.7 Å². The zero-order valence-electron chi connectivity index (χ0n) is 14.9. The first-order chi connectivity index (χ1) is 11.5. The summed E-state index contributed by atoms with van der Waals surface area (Å²) in [6.07, 6.45) is 1.84. The Balaban J connectivity index is 1.89. The minimum Gasteiger partial charge on any atom is -0.496 e. The highest BCUT2D eigenvalue weighted by Gasteiger charge is 2.35. The molecule has 0 spiro atoms. The van der Waals surface area contributed by atoms with Crippen LogP contribution in [0.1, 0.15) is 41.5 Å². The molecule has 0 unspecified atom stereocenters. The van der Waals surface area contributed by atoms with Crippen LogP contribution in [0.5, 0.6) is 5.75 Å². The van der Waals surface area contributed by atoms with Gasteiger partial charge in [0.15, 0.2) is 5.82 Å². The van der Waals surface area contributed by atoms with Crippen molar-refractivity contribution in [1.29, 1.82) is 0 Å². The van der Waals surface area contributed by atoms with Gasteiger partial charge in [-0.25, -0.2) is 0 Å². The topological polar surface area (TPSA) is 73.5 Å². The Labute approximate surface area is 142 Å². The quantitative estimate of drug-likeness (QED) is 0.851. The van der Waals surface area contributed by atoms with Crippen molar-refractivity contribution in [3.05, 3.63) is 34.7 Å². The minimum absolute atomic E-state index is 0.0220. The van der Waals surface area contributed by atoms with Gasteiger partial charge in [0, 0.05) is 30.4 Å². The van der Waals surface area contributed by atoms with E-state index in [-0.39, 0.29) is 12.1 Å². The van der Waals surface area contributed by atoms with Gasteiger partial charge < -0.3 is 14.0 Å². The first-order valence-corrected chi connectivity index (χ1v) is 8.16. The van der Waals surface area contributed by atoms with Gasteiger partial charge in [0.2, 0.25) is 5.89 Å². The number of hydrogen-bond acceptors (Lipinski definition) is 7. The molecule has 1 aliphatic rings. The highest BCUT2D eigenvalue weighted by atomic mass is 16.5. The number of ether oxygens (including phenoxy) is 2. The molecule has 1 aliphatic heterocycles. The van der Waals surface area contributed by atoms with Crippen molar-refractivity contribution in [1.82, 2.24) is 20.0 Å². The van der Waals surface area contributed by atoms with Gasteiger partial charge in [-0.1, -0.05) is 5.16 Å². The van der Waals surface area contributed by atoms with E-state index in [1.807, 2.05) is 33.9 Å². The summed E-state index contributed by atoms with van der Waals surface area (Å²) >= 11 is 0. The van der Waals surface area contributed by atoms with Crippen LogP contribution < -0.4 is 4.74 Å². The summed E-state index contributed by atoms with van der Waals surface area (Å²) in [6.45, 7) is 10.0. The fraction of sp³-hybridized carbons (Fsp3) is 0.588. The molecule has 7 nitrogen and oxygen atoms in total. The minimum atomic E-state index is -0.0755. The van der Waals surface area contributed by atoms with Crippen LogP contribution in [-0.4, -0.2) is 46.4 Å². The van der Waals surface area contributed by atoms with E-state index in [0.29, 0.717) is 24.9 Å². The summed E-state index contributed by atoms with van der Waals surface area (Å²) in [4.78, 5) is 11.3. The number of morpholine rings is 1. The van der Waals surface area contributed by atoms with Gasteiger partial charge in [0.05, 0.1) is 25.5 Å². The Bertz CT molecular complexity index is 716. The highest BCUT2D eigenvalue weighted by Crippen LogP contribution is 2.31. The Morgan fingerprint density at radius 1 is 1.33 bits per heavy atom. The van der Waals surface area contributed by atoms with Gasteiger partial charge in [-0.15, -0.1) is 0 Å². The Kier molecular flexibility index (Phi) is 4.82. The normalized spacial score (nSPS) is 21.9. The Morgan fingerprint density at radius 2 is 2.12 bits per heavy atom. The van der Waals surface area contributed by atoms with Crippen molar-refractivity contribution in [3.8, 4) is 5.75 Å². The molecule has 3 rings (SSSR count). The smallest absolute Gasteiger partial charge is 0.246 e. The predicted octanol–water partition coefficient (Wildman–Crippen LogP) is 2.36. The van der Waals surface area contributed by atoms with Crippen molar-refractivity contribution in [2.45, 2.75) is 46.4 Å². The number of hydrogen-bond donors (Lipinski definition) is 0. The molecule has 0 N–H and O–H groups in total. The molecule has 0 bridgehead atoms. The average molecular weight is 332 g/mol. The molecule has 2 aromatic rings. The molecule has 0 aromatic carbocycles. The lowest BCUT2D eigenvalue weighted by molar-refractivity contribution is -0.0767. The summed E-state index contributed by atoms with van der Waals surface area (Å²) in [5.74, 6) is 2.12. The lowest BCUT2D eigenvalue weighted by Gasteiger charge is -2.37. The first kappa shape index (κ1) is 16.9. The number of nitrogens with zero attached hydrogens (tertiary/aromatic N) is 4. The van der Waals surface area contributed by atoms with Crippen LogP contribution in [0.25, 0.3) is 0 Å². The zero-order chi connectivity index (χ0) is 17.3. The monoisotopic (exact) mass is 332 g/mol. The van der Waals surface area contributed by atoms with Crippen LogP contribution >= 0.6 is 0 Å². The number of pyridine rings is 1. The fourth-order valence-corrected chi connectivity index (χ4v) is 3.27. The van der Waals surface area contributed by atoms with E-state index in [1.54, 1.807) is 7.11 Å². The molecule has 1 saturated heterocycles. The number of aromatic nitrogens is 3. The van der Waals surface area contributed by atoms with Crippen molar-refractivity contribution in [2.24, 2.45) is 0 Å². The molecule has 1 fully saturated rings. The van der Waals surface area contributed by atoms with Crippen molar-refractivity contribution < 1.29 is 14.0 Å². The lowest BCUT2D eigenvalue weighted by atomic mass is 10.1. The van der Waals surface area contributed by atoms with Crippen LogP contribution in [0.3, 0.4) is 0 Å². The maximum absolute atomic E-state index is 5.80. The van der Waals surface area contributed by atoms with Crippen LogP contribution in [0.2, 0.25) is 0 Å².